The van der Waals surface area contributed by atoms with Crippen molar-refractivity contribution in [2.45, 2.75) is 19.8 Å². The van der Waals surface area contributed by atoms with Crippen molar-refractivity contribution in [3.05, 3.63) is 16.9 Å². The minimum absolute atomic E-state index is 0.0757. The molecule has 5 nitrogen and oxygen atoms in total. The fourth-order valence-electron chi connectivity index (χ4n) is 2.59. The molecule has 6 heteroatoms. The van der Waals surface area contributed by atoms with Gasteiger partial charge in [0.15, 0.2) is 0 Å². The highest BCUT2D eigenvalue weighted by molar-refractivity contribution is 9.10. The second kappa shape index (κ2) is 4.85. The number of pyridine rings is 1. The van der Waals surface area contributed by atoms with Crippen LogP contribution in [0.1, 0.15) is 19.8 Å². The quantitative estimate of drug-likeness (QED) is 0.893. The normalized spacial score (nSPS) is 15.2. The molecule has 2 aromatic heterocycles. The lowest BCUT2D eigenvalue weighted by Crippen LogP contribution is -2.19. The molecule has 1 saturated heterocycles. The van der Waals surface area contributed by atoms with E-state index in [4.69, 9.17) is 0 Å². The Bertz CT molecular complexity index is 631. The van der Waals surface area contributed by atoms with Gasteiger partial charge < -0.3 is 15.2 Å². The van der Waals surface area contributed by atoms with E-state index in [1.54, 1.807) is 6.20 Å². The van der Waals surface area contributed by atoms with Crippen LogP contribution in [-0.4, -0.2) is 29.0 Å². The molecule has 0 spiro atoms. The van der Waals surface area contributed by atoms with Crippen molar-refractivity contribution in [1.29, 1.82) is 0 Å². The average Bonchev–Trinajstić information content (AvgIpc) is 2.99. The Hall–Kier alpha value is -1.56. The third-order valence-electron chi connectivity index (χ3n) is 3.36. The molecular formula is C13H15BrN4O. The summed E-state index contributed by atoms with van der Waals surface area (Å²) in [6, 6.07) is 0. The van der Waals surface area contributed by atoms with Crippen LogP contribution in [0.15, 0.2) is 16.9 Å². The van der Waals surface area contributed by atoms with Crippen molar-refractivity contribution < 1.29 is 4.79 Å². The van der Waals surface area contributed by atoms with Gasteiger partial charge in [-0.15, -0.1) is 0 Å². The number of anilines is 2. The number of hydrogen-bond donors (Lipinski definition) is 2. The van der Waals surface area contributed by atoms with Crippen LogP contribution >= 0.6 is 15.9 Å². The lowest BCUT2D eigenvalue weighted by molar-refractivity contribution is -0.114. The number of nitrogens with zero attached hydrogens (tertiary/aromatic N) is 2. The number of amides is 1. The third kappa shape index (κ3) is 2.20. The Kier molecular flexibility index (Phi) is 3.18. The van der Waals surface area contributed by atoms with E-state index in [0.29, 0.717) is 0 Å². The molecule has 0 unspecified atom stereocenters. The summed E-state index contributed by atoms with van der Waals surface area (Å²) < 4.78 is 0.966. The fraction of sp³-hybridized carbons (Fsp3) is 0.385. The zero-order chi connectivity index (χ0) is 13.4. The van der Waals surface area contributed by atoms with E-state index >= 15 is 0 Å². The topological polar surface area (TPSA) is 61.0 Å². The molecule has 3 heterocycles. The summed E-state index contributed by atoms with van der Waals surface area (Å²) in [6.07, 6.45) is 6.02. The molecule has 1 amide bonds. The maximum absolute atomic E-state index is 11.3. The Morgan fingerprint density at radius 2 is 2.21 bits per heavy atom. The molecule has 2 N–H and O–H groups in total. The smallest absolute Gasteiger partial charge is 0.221 e. The van der Waals surface area contributed by atoms with Crippen molar-refractivity contribution in [3.63, 3.8) is 0 Å². The SMILES string of the molecule is CC(=O)Nc1c[nH]c2ncc(Br)c(N3CCCC3)c12. The van der Waals surface area contributed by atoms with Gasteiger partial charge in [-0.05, 0) is 28.8 Å². The molecule has 0 aromatic carbocycles. The van der Waals surface area contributed by atoms with Gasteiger partial charge in [-0.2, -0.15) is 0 Å². The molecule has 3 rings (SSSR count). The summed E-state index contributed by atoms with van der Waals surface area (Å²) in [5.41, 5.74) is 2.71. The van der Waals surface area contributed by atoms with Crippen LogP contribution < -0.4 is 10.2 Å². The van der Waals surface area contributed by atoms with Gasteiger partial charge in [-0.1, -0.05) is 0 Å². The number of nitrogens with one attached hydrogen (secondary N) is 2. The summed E-state index contributed by atoms with van der Waals surface area (Å²) >= 11 is 3.58. The Labute approximate surface area is 119 Å². The summed E-state index contributed by atoms with van der Waals surface area (Å²) in [4.78, 5) is 21.1. The Balaban J connectivity index is 2.18. The largest absolute Gasteiger partial charge is 0.370 e. The fourth-order valence-corrected chi connectivity index (χ4v) is 3.15. The molecule has 0 bridgehead atoms. The number of halogens is 1. The first-order valence-electron chi connectivity index (χ1n) is 6.35. The van der Waals surface area contributed by atoms with E-state index in [9.17, 15) is 4.79 Å². The van der Waals surface area contributed by atoms with Crippen LogP contribution in [0.5, 0.6) is 0 Å². The van der Waals surface area contributed by atoms with Crippen LogP contribution in [0.2, 0.25) is 0 Å². The van der Waals surface area contributed by atoms with Gasteiger partial charge in [0.2, 0.25) is 5.91 Å². The first-order chi connectivity index (χ1) is 9.16. The molecule has 19 heavy (non-hydrogen) atoms. The number of H-pyrrole nitrogens is 1. The lowest BCUT2D eigenvalue weighted by atomic mass is 10.2. The maximum atomic E-state index is 11.3. The molecule has 0 atom stereocenters. The van der Waals surface area contributed by atoms with E-state index < -0.39 is 0 Å². The number of aromatic nitrogens is 2. The summed E-state index contributed by atoms with van der Waals surface area (Å²) in [6.45, 7) is 3.60. The van der Waals surface area contributed by atoms with E-state index in [-0.39, 0.29) is 5.91 Å². The maximum Gasteiger partial charge on any atom is 0.221 e. The van der Waals surface area contributed by atoms with Gasteiger partial charge in [0, 0.05) is 32.4 Å². The minimum Gasteiger partial charge on any atom is -0.370 e. The standard InChI is InChI=1S/C13H15BrN4O/c1-8(19)17-10-7-16-13-11(10)12(9(14)6-15-13)18-4-2-3-5-18/h6-7H,2-5H2,1H3,(H,15,16)(H,17,19). The van der Waals surface area contributed by atoms with Crippen molar-refractivity contribution in [2.24, 2.45) is 0 Å². The Morgan fingerprint density at radius 3 is 2.89 bits per heavy atom. The predicted molar refractivity (Wildman–Crippen MR) is 79.5 cm³/mol. The summed E-state index contributed by atoms with van der Waals surface area (Å²) in [5.74, 6) is -0.0757. The second-order valence-electron chi connectivity index (χ2n) is 4.76. The van der Waals surface area contributed by atoms with E-state index in [2.05, 4.69) is 36.1 Å². The van der Waals surface area contributed by atoms with Crippen LogP contribution in [0.25, 0.3) is 11.0 Å². The number of fused-ring (bicyclic) bond motifs is 1. The van der Waals surface area contributed by atoms with Crippen LogP contribution in [-0.2, 0) is 4.79 Å². The highest BCUT2D eigenvalue weighted by atomic mass is 79.9. The lowest BCUT2D eigenvalue weighted by Gasteiger charge is -2.20. The molecule has 1 fully saturated rings. The van der Waals surface area contributed by atoms with Crippen LogP contribution in [0.3, 0.4) is 0 Å². The highest BCUT2D eigenvalue weighted by Gasteiger charge is 2.21. The minimum atomic E-state index is -0.0757. The van der Waals surface area contributed by atoms with Gasteiger partial charge in [0.1, 0.15) is 5.65 Å². The third-order valence-corrected chi connectivity index (χ3v) is 3.94. The van der Waals surface area contributed by atoms with Gasteiger partial charge in [0.05, 0.1) is 21.2 Å². The molecule has 1 aliphatic rings. The summed E-state index contributed by atoms with van der Waals surface area (Å²) in [5, 5.41) is 3.84. The van der Waals surface area contributed by atoms with E-state index in [0.717, 1.165) is 40.0 Å². The second-order valence-corrected chi connectivity index (χ2v) is 5.61. The average molecular weight is 323 g/mol. The molecule has 100 valence electrons. The van der Waals surface area contributed by atoms with Gasteiger partial charge in [0.25, 0.3) is 0 Å². The predicted octanol–water partition coefficient (Wildman–Crippen LogP) is 2.88. The number of carbonyl (C=O) groups is 1. The number of aromatic amines is 1. The van der Waals surface area contributed by atoms with E-state index in [1.165, 1.54) is 19.8 Å². The van der Waals surface area contributed by atoms with Crippen molar-refractivity contribution in [2.75, 3.05) is 23.3 Å². The molecular weight excluding hydrogens is 308 g/mol. The van der Waals surface area contributed by atoms with Crippen molar-refractivity contribution in [3.8, 4) is 0 Å². The number of hydrogen-bond acceptors (Lipinski definition) is 3. The first-order valence-corrected chi connectivity index (χ1v) is 7.14. The zero-order valence-corrected chi connectivity index (χ0v) is 12.2. The summed E-state index contributed by atoms with van der Waals surface area (Å²) in [7, 11) is 0. The zero-order valence-electron chi connectivity index (χ0n) is 10.7. The molecule has 1 aliphatic heterocycles. The monoisotopic (exact) mass is 322 g/mol. The van der Waals surface area contributed by atoms with Crippen LogP contribution in [0, 0.1) is 0 Å². The Morgan fingerprint density at radius 1 is 1.47 bits per heavy atom. The number of carbonyl (C=O) groups excluding carboxylic acids is 1. The van der Waals surface area contributed by atoms with Crippen molar-refractivity contribution >= 4 is 44.2 Å². The number of rotatable bonds is 2. The first kappa shape index (κ1) is 12.5. The van der Waals surface area contributed by atoms with Crippen LogP contribution in [0.4, 0.5) is 11.4 Å². The molecule has 0 radical (unpaired) electrons. The molecule has 0 saturated carbocycles. The van der Waals surface area contributed by atoms with Crippen molar-refractivity contribution in [1.82, 2.24) is 9.97 Å². The van der Waals surface area contributed by atoms with Gasteiger partial charge >= 0.3 is 0 Å². The van der Waals surface area contributed by atoms with Gasteiger partial charge in [-0.25, -0.2) is 4.98 Å². The highest BCUT2D eigenvalue weighted by Crippen LogP contribution is 2.38. The molecule has 2 aromatic rings. The van der Waals surface area contributed by atoms with Gasteiger partial charge in [-0.3, -0.25) is 4.79 Å². The molecule has 0 aliphatic carbocycles. The van der Waals surface area contributed by atoms with E-state index in [1.807, 2.05) is 6.20 Å².